The number of nitrogens with one attached hydrogen (secondary N) is 3. The minimum Gasteiger partial charge on any atom is -0.465 e. The number of nitrogens with zero attached hydrogens (tertiary/aromatic N) is 3. The minimum absolute atomic E-state index is 0.109. The molecule has 3 amide bonds. The molecule has 1 fully saturated rings. The monoisotopic (exact) mass is 346 g/mol. The van der Waals surface area contributed by atoms with Crippen molar-refractivity contribution < 1.29 is 19.5 Å². The maximum absolute atomic E-state index is 12.0. The van der Waals surface area contributed by atoms with Crippen LogP contribution in [0.15, 0.2) is 18.2 Å². The molecule has 0 aliphatic carbocycles. The van der Waals surface area contributed by atoms with E-state index in [4.69, 9.17) is 5.11 Å². The summed E-state index contributed by atoms with van der Waals surface area (Å²) in [5.41, 5.74) is 1.91. The van der Waals surface area contributed by atoms with E-state index in [1.54, 1.807) is 18.2 Å². The number of anilines is 1. The van der Waals surface area contributed by atoms with Crippen LogP contribution in [0.25, 0.3) is 11.0 Å². The maximum atomic E-state index is 12.0. The quantitative estimate of drug-likeness (QED) is 0.596. The normalized spacial score (nSPS) is 15.1. The van der Waals surface area contributed by atoms with Crippen LogP contribution in [0, 0.1) is 0 Å². The van der Waals surface area contributed by atoms with Crippen LogP contribution >= 0.6 is 0 Å². The first-order valence-electron chi connectivity index (χ1n) is 7.89. The summed E-state index contributed by atoms with van der Waals surface area (Å²) in [7, 11) is 0. The van der Waals surface area contributed by atoms with Crippen LogP contribution in [0.2, 0.25) is 0 Å². The Bertz CT molecular complexity index is 796. The third-order valence-corrected chi connectivity index (χ3v) is 4.06. The van der Waals surface area contributed by atoms with E-state index < -0.39 is 12.0 Å². The molecule has 1 aromatic carbocycles. The maximum Gasteiger partial charge on any atom is 0.407 e. The summed E-state index contributed by atoms with van der Waals surface area (Å²) in [6.45, 7) is 0.758. The van der Waals surface area contributed by atoms with Gasteiger partial charge in [-0.1, -0.05) is 5.21 Å². The van der Waals surface area contributed by atoms with Crippen molar-refractivity contribution in [3.8, 4) is 0 Å². The molecule has 1 aliphatic rings. The highest BCUT2D eigenvalue weighted by molar-refractivity contribution is 6.04. The number of likely N-dealkylation sites (tertiary alicyclic amines) is 1. The third kappa shape index (κ3) is 4.22. The van der Waals surface area contributed by atoms with E-state index in [-0.39, 0.29) is 18.4 Å². The highest BCUT2D eigenvalue weighted by Gasteiger charge is 2.23. The molecule has 0 atom stereocenters. The Morgan fingerprint density at radius 1 is 1.24 bits per heavy atom. The lowest BCUT2D eigenvalue weighted by molar-refractivity contribution is -0.127. The summed E-state index contributed by atoms with van der Waals surface area (Å²) in [4.78, 5) is 36.1. The van der Waals surface area contributed by atoms with Gasteiger partial charge < -0.3 is 20.6 Å². The second-order valence-electron chi connectivity index (χ2n) is 5.88. The van der Waals surface area contributed by atoms with Gasteiger partial charge in [-0.2, -0.15) is 0 Å². The van der Waals surface area contributed by atoms with Gasteiger partial charge >= 0.3 is 6.09 Å². The first-order chi connectivity index (χ1) is 12.0. The first-order valence-corrected chi connectivity index (χ1v) is 7.89. The number of piperidine rings is 1. The molecule has 2 heterocycles. The zero-order chi connectivity index (χ0) is 17.8. The summed E-state index contributed by atoms with van der Waals surface area (Å²) >= 11 is 0. The van der Waals surface area contributed by atoms with Crippen LogP contribution in [0.4, 0.5) is 10.5 Å². The largest absolute Gasteiger partial charge is 0.465 e. The van der Waals surface area contributed by atoms with Gasteiger partial charge in [0.1, 0.15) is 11.9 Å². The zero-order valence-corrected chi connectivity index (χ0v) is 13.4. The number of hydrogen-bond donors (Lipinski definition) is 4. The van der Waals surface area contributed by atoms with Crippen LogP contribution in [-0.2, 0) is 9.59 Å². The molecule has 1 aliphatic heterocycles. The molecule has 10 nitrogen and oxygen atoms in total. The summed E-state index contributed by atoms with van der Waals surface area (Å²) in [5.74, 6) is -0.808. The van der Waals surface area contributed by atoms with Gasteiger partial charge in [0.05, 0.1) is 5.52 Å². The fraction of sp³-hybridized carbons (Fsp3) is 0.400. The minimum atomic E-state index is -0.951. The van der Waals surface area contributed by atoms with Gasteiger partial charge in [-0.3, -0.25) is 14.7 Å². The Morgan fingerprint density at radius 2 is 2.00 bits per heavy atom. The predicted molar refractivity (Wildman–Crippen MR) is 87.9 cm³/mol. The van der Waals surface area contributed by atoms with Gasteiger partial charge in [0, 0.05) is 24.8 Å². The molecule has 0 spiro atoms. The van der Waals surface area contributed by atoms with Crippen LogP contribution < -0.4 is 10.6 Å². The van der Waals surface area contributed by atoms with Crippen molar-refractivity contribution in [1.29, 1.82) is 0 Å². The van der Waals surface area contributed by atoms with Crippen molar-refractivity contribution in [2.45, 2.75) is 25.3 Å². The fourth-order valence-corrected chi connectivity index (χ4v) is 2.76. The molecule has 2 aromatic rings. The molecule has 4 N–H and O–H groups in total. The molecule has 0 saturated carbocycles. The number of carboxylic acid groups (broad SMARTS) is 1. The molecular formula is C15H18N6O4. The summed E-state index contributed by atoms with van der Waals surface area (Å²) < 4.78 is 0. The number of carbonyl (C=O) groups is 3. The zero-order valence-electron chi connectivity index (χ0n) is 13.4. The van der Waals surface area contributed by atoms with Gasteiger partial charge in [0.2, 0.25) is 11.8 Å². The number of hydrogen-bond acceptors (Lipinski definition) is 5. The predicted octanol–water partition coefficient (Wildman–Crippen LogP) is 0.545. The van der Waals surface area contributed by atoms with E-state index in [0.29, 0.717) is 37.1 Å². The number of aromatic amines is 1. The molecule has 0 radical (unpaired) electrons. The van der Waals surface area contributed by atoms with Crippen LogP contribution in [-0.4, -0.2) is 62.5 Å². The number of fused-ring (bicyclic) bond motifs is 1. The van der Waals surface area contributed by atoms with Gasteiger partial charge in [-0.25, -0.2) is 4.79 Å². The molecule has 1 aromatic heterocycles. The Labute approximate surface area is 142 Å². The third-order valence-electron chi connectivity index (χ3n) is 4.06. The van der Waals surface area contributed by atoms with E-state index in [1.165, 1.54) is 4.90 Å². The topological polar surface area (TPSA) is 140 Å². The van der Waals surface area contributed by atoms with Crippen molar-refractivity contribution >= 4 is 34.6 Å². The van der Waals surface area contributed by atoms with Crippen molar-refractivity contribution in [3.63, 3.8) is 0 Å². The second-order valence-corrected chi connectivity index (χ2v) is 5.88. The van der Waals surface area contributed by atoms with Gasteiger partial charge in [0.15, 0.2) is 0 Å². The molecule has 1 saturated heterocycles. The van der Waals surface area contributed by atoms with E-state index in [9.17, 15) is 14.4 Å². The Balaban J connectivity index is 1.46. The summed E-state index contributed by atoms with van der Waals surface area (Å²) in [6.07, 6.45) is -0.158. The molecule has 10 heteroatoms. The van der Waals surface area contributed by atoms with Gasteiger partial charge in [-0.15, -0.1) is 5.10 Å². The van der Waals surface area contributed by atoms with Crippen molar-refractivity contribution in [2.24, 2.45) is 0 Å². The molecule has 0 unspecified atom stereocenters. The average molecular weight is 346 g/mol. The lowest BCUT2D eigenvalue weighted by Gasteiger charge is -2.30. The Morgan fingerprint density at radius 3 is 2.72 bits per heavy atom. The lowest BCUT2D eigenvalue weighted by atomic mass is 10.1. The van der Waals surface area contributed by atoms with E-state index in [0.717, 1.165) is 5.52 Å². The molecule has 25 heavy (non-hydrogen) atoms. The number of H-pyrrole nitrogens is 1. The summed E-state index contributed by atoms with van der Waals surface area (Å²) in [6, 6.07) is 4.99. The lowest BCUT2D eigenvalue weighted by Crippen LogP contribution is -2.46. The highest BCUT2D eigenvalue weighted by atomic mass is 16.4. The fourth-order valence-electron chi connectivity index (χ4n) is 2.76. The van der Waals surface area contributed by atoms with E-state index >= 15 is 0 Å². The molecule has 0 bridgehead atoms. The average Bonchev–Trinajstić information content (AvgIpc) is 3.02. The summed E-state index contributed by atoms with van der Waals surface area (Å²) in [5, 5.41) is 24.5. The Kier molecular flexibility index (Phi) is 4.78. The van der Waals surface area contributed by atoms with E-state index in [1.807, 2.05) is 0 Å². The number of amides is 3. The SMILES string of the molecule is O=C(CC(=O)NC1CCN(C(=O)O)CC1)Nc1ccc2[nH]nnc2c1. The highest BCUT2D eigenvalue weighted by Crippen LogP contribution is 2.15. The van der Waals surface area contributed by atoms with Crippen molar-refractivity contribution in [2.75, 3.05) is 18.4 Å². The van der Waals surface area contributed by atoms with Crippen LogP contribution in [0.3, 0.4) is 0 Å². The Hall–Kier alpha value is -3.17. The molecule has 3 rings (SSSR count). The molecular weight excluding hydrogens is 328 g/mol. The van der Waals surface area contributed by atoms with Gasteiger partial charge in [0.25, 0.3) is 0 Å². The number of aromatic nitrogens is 3. The van der Waals surface area contributed by atoms with Crippen molar-refractivity contribution in [3.05, 3.63) is 18.2 Å². The number of rotatable bonds is 4. The van der Waals surface area contributed by atoms with E-state index in [2.05, 4.69) is 26.0 Å². The first kappa shape index (κ1) is 16.7. The molecule has 132 valence electrons. The standard InChI is InChI=1S/C15H18N6O4/c22-13(16-9-3-5-21(6-4-9)15(24)25)8-14(23)17-10-1-2-11-12(7-10)19-20-18-11/h1-2,7,9H,3-6,8H2,(H,16,22)(H,17,23)(H,24,25)(H,18,19,20). The smallest absolute Gasteiger partial charge is 0.407 e. The number of benzene rings is 1. The van der Waals surface area contributed by atoms with Gasteiger partial charge in [-0.05, 0) is 31.0 Å². The van der Waals surface area contributed by atoms with Crippen LogP contribution in [0.1, 0.15) is 19.3 Å². The van der Waals surface area contributed by atoms with Crippen molar-refractivity contribution in [1.82, 2.24) is 25.6 Å². The second kappa shape index (κ2) is 7.16. The number of carbonyl (C=O) groups excluding carboxylic acids is 2. The van der Waals surface area contributed by atoms with Crippen LogP contribution in [0.5, 0.6) is 0 Å².